The van der Waals surface area contributed by atoms with Crippen LogP contribution in [-0.2, 0) is 4.79 Å². The van der Waals surface area contributed by atoms with Gasteiger partial charge in [-0.05, 0) is 6.07 Å². The first-order valence-corrected chi connectivity index (χ1v) is 4.51. The van der Waals surface area contributed by atoms with Crippen molar-refractivity contribution in [2.24, 2.45) is 10.8 Å². The Hall–Kier alpha value is -2.97. The standard InChI is InChI=1S/C9H8N4O5/c10-9(16)12-11-7(8(14)15)5-3-1-2-4-6(5)13(17)18/h1-4H,(H,14,15)(H3,10,12,16)/p-1. The highest BCUT2D eigenvalue weighted by molar-refractivity contribution is 6.42. The van der Waals surface area contributed by atoms with Crippen molar-refractivity contribution >= 4 is 23.4 Å². The fourth-order valence-corrected chi connectivity index (χ4v) is 1.16. The summed E-state index contributed by atoms with van der Waals surface area (Å²) >= 11 is 0. The molecule has 0 saturated heterocycles. The number of carboxylic acids is 1. The molecule has 0 aliphatic heterocycles. The number of aliphatic carboxylic acids is 1. The number of carboxylic acid groups (broad SMARTS) is 1. The van der Waals surface area contributed by atoms with E-state index >= 15 is 0 Å². The molecule has 0 unspecified atom stereocenters. The molecule has 0 aliphatic carbocycles. The van der Waals surface area contributed by atoms with Crippen LogP contribution in [0.3, 0.4) is 0 Å². The van der Waals surface area contributed by atoms with Crippen LogP contribution in [0.5, 0.6) is 0 Å². The van der Waals surface area contributed by atoms with Crippen molar-refractivity contribution in [2.75, 3.05) is 0 Å². The van der Waals surface area contributed by atoms with E-state index in [1.165, 1.54) is 12.1 Å². The number of nitro benzene ring substituents is 1. The highest BCUT2D eigenvalue weighted by Crippen LogP contribution is 2.18. The van der Waals surface area contributed by atoms with Gasteiger partial charge in [-0.3, -0.25) is 10.1 Å². The number of benzene rings is 1. The third-order valence-electron chi connectivity index (χ3n) is 1.83. The highest BCUT2D eigenvalue weighted by Gasteiger charge is 2.18. The van der Waals surface area contributed by atoms with Crippen LogP contribution < -0.4 is 16.3 Å². The average Bonchev–Trinajstić information content (AvgIpc) is 2.28. The molecule has 0 bridgehead atoms. The van der Waals surface area contributed by atoms with Gasteiger partial charge >= 0.3 is 6.03 Å². The van der Waals surface area contributed by atoms with Crippen LogP contribution in [-0.4, -0.2) is 22.6 Å². The van der Waals surface area contributed by atoms with E-state index in [0.29, 0.717) is 0 Å². The Bertz CT molecular complexity index is 540. The number of nitrogens with zero attached hydrogens (tertiary/aromatic N) is 2. The van der Waals surface area contributed by atoms with E-state index in [1.807, 2.05) is 0 Å². The Labute approximate surface area is 100 Å². The molecule has 0 aromatic heterocycles. The zero-order valence-electron chi connectivity index (χ0n) is 8.82. The van der Waals surface area contributed by atoms with Gasteiger partial charge < -0.3 is 15.6 Å². The zero-order chi connectivity index (χ0) is 13.7. The minimum atomic E-state index is -1.78. The van der Waals surface area contributed by atoms with E-state index in [4.69, 9.17) is 5.73 Å². The molecular weight excluding hydrogens is 244 g/mol. The number of urea groups is 1. The van der Waals surface area contributed by atoms with E-state index in [9.17, 15) is 24.8 Å². The molecule has 1 aromatic carbocycles. The second-order valence-electron chi connectivity index (χ2n) is 3.00. The lowest BCUT2D eigenvalue weighted by atomic mass is 10.1. The minimum absolute atomic E-state index is 0.295. The number of hydrogen-bond donors (Lipinski definition) is 2. The normalized spacial score (nSPS) is 10.8. The maximum absolute atomic E-state index is 10.8. The van der Waals surface area contributed by atoms with E-state index in [0.717, 1.165) is 12.1 Å². The van der Waals surface area contributed by atoms with Crippen molar-refractivity contribution in [3.05, 3.63) is 39.9 Å². The van der Waals surface area contributed by atoms with Gasteiger partial charge in [0.2, 0.25) is 0 Å². The molecule has 1 rings (SSSR count). The lowest BCUT2D eigenvalue weighted by Gasteiger charge is -2.07. The molecule has 0 saturated carbocycles. The summed E-state index contributed by atoms with van der Waals surface area (Å²) in [5, 5.41) is 24.7. The van der Waals surface area contributed by atoms with Crippen molar-refractivity contribution in [3.63, 3.8) is 0 Å². The summed E-state index contributed by atoms with van der Waals surface area (Å²) < 4.78 is 0. The van der Waals surface area contributed by atoms with Crippen LogP contribution in [0.1, 0.15) is 5.56 Å². The molecule has 0 spiro atoms. The number of para-hydroxylation sites is 1. The van der Waals surface area contributed by atoms with Gasteiger partial charge in [-0.15, -0.1) is 0 Å². The van der Waals surface area contributed by atoms with Crippen LogP contribution in [0.4, 0.5) is 10.5 Å². The number of nitrogens with one attached hydrogen (secondary N) is 1. The van der Waals surface area contributed by atoms with E-state index in [1.54, 1.807) is 5.43 Å². The number of carbonyl (C=O) groups excluding carboxylic acids is 2. The molecule has 9 heteroatoms. The first-order chi connectivity index (χ1) is 8.43. The third-order valence-corrected chi connectivity index (χ3v) is 1.83. The number of hydrogen-bond acceptors (Lipinski definition) is 6. The smallest absolute Gasteiger partial charge is 0.332 e. The Kier molecular flexibility index (Phi) is 3.92. The monoisotopic (exact) mass is 251 g/mol. The number of nitro groups is 1. The number of rotatable bonds is 4. The van der Waals surface area contributed by atoms with E-state index in [-0.39, 0.29) is 5.56 Å². The van der Waals surface area contributed by atoms with Crippen molar-refractivity contribution < 1.29 is 19.6 Å². The number of nitrogens with two attached hydrogens (primary N) is 1. The fourth-order valence-electron chi connectivity index (χ4n) is 1.16. The summed E-state index contributed by atoms with van der Waals surface area (Å²) in [5.41, 5.74) is 4.82. The summed E-state index contributed by atoms with van der Waals surface area (Å²) in [5.74, 6) is -1.78. The molecule has 3 N–H and O–H groups in total. The molecule has 0 atom stereocenters. The fraction of sp³-hybridized carbons (Fsp3) is 0. The number of carbonyl (C=O) groups is 2. The minimum Gasteiger partial charge on any atom is -0.543 e. The van der Waals surface area contributed by atoms with Gasteiger partial charge in [0.15, 0.2) is 0 Å². The molecule has 2 amide bonds. The molecule has 0 radical (unpaired) electrons. The second kappa shape index (κ2) is 5.39. The van der Waals surface area contributed by atoms with E-state index in [2.05, 4.69) is 5.10 Å². The van der Waals surface area contributed by atoms with Crippen molar-refractivity contribution in [2.45, 2.75) is 0 Å². The van der Waals surface area contributed by atoms with E-state index < -0.39 is 28.3 Å². The Morgan fingerprint density at radius 3 is 2.44 bits per heavy atom. The Morgan fingerprint density at radius 2 is 1.94 bits per heavy atom. The Balaban J connectivity index is 3.30. The van der Waals surface area contributed by atoms with Crippen molar-refractivity contribution in [1.29, 1.82) is 0 Å². The lowest BCUT2D eigenvalue weighted by Crippen LogP contribution is -2.36. The molecule has 94 valence electrons. The largest absolute Gasteiger partial charge is 0.543 e. The van der Waals surface area contributed by atoms with Crippen LogP contribution in [0.2, 0.25) is 0 Å². The lowest BCUT2D eigenvalue weighted by molar-refractivity contribution is -0.385. The van der Waals surface area contributed by atoms with Gasteiger partial charge in [0.05, 0.1) is 16.5 Å². The zero-order valence-corrected chi connectivity index (χ0v) is 8.82. The van der Waals surface area contributed by atoms with Gasteiger partial charge in [0.25, 0.3) is 5.69 Å². The van der Waals surface area contributed by atoms with Gasteiger partial charge in [-0.2, -0.15) is 5.10 Å². The molecule has 18 heavy (non-hydrogen) atoms. The highest BCUT2D eigenvalue weighted by atomic mass is 16.6. The van der Waals surface area contributed by atoms with Gasteiger partial charge in [-0.1, -0.05) is 12.1 Å². The first-order valence-electron chi connectivity index (χ1n) is 4.51. The van der Waals surface area contributed by atoms with Crippen LogP contribution in [0.25, 0.3) is 0 Å². The summed E-state index contributed by atoms with van der Waals surface area (Å²) in [7, 11) is 0. The summed E-state index contributed by atoms with van der Waals surface area (Å²) in [6.45, 7) is 0. The average molecular weight is 251 g/mol. The van der Waals surface area contributed by atoms with Crippen molar-refractivity contribution in [1.82, 2.24) is 5.43 Å². The molecule has 0 aliphatic rings. The first kappa shape index (κ1) is 13.1. The predicted molar refractivity (Wildman–Crippen MR) is 57.4 cm³/mol. The predicted octanol–water partition coefficient (Wildman–Crippen LogP) is -1.28. The number of hydrazone groups is 1. The molecular formula is C9H7N4O5-. The molecule has 0 heterocycles. The molecule has 1 aromatic rings. The maximum atomic E-state index is 10.8. The third kappa shape index (κ3) is 3.01. The Morgan fingerprint density at radius 1 is 1.33 bits per heavy atom. The van der Waals surface area contributed by atoms with Crippen LogP contribution >= 0.6 is 0 Å². The summed E-state index contributed by atoms with van der Waals surface area (Å²) in [4.78, 5) is 31.2. The second-order valence-corrected chi connectivity index (χ2v) is 3.00. The SMILES string of the molecule is NC(=O)NN=C(C(=O)[O-])c1ccccc1[N+](=O)[O-]. The van der Waals surface area contributed by atoms with Gasteiger partial charge in [0, 0.05) is 6.07 Å². The van der Waals surface area contributed by atoms with Gasteiger partial charge in [0.1, 0.15) is 5.71 Å². The quantitative estimate of drug-likeness (QED) is 0.387. The molecule has 9 nitrogen and oxygen atoms in total. The van der Waals surface area contributed by atoms with Gasteiger partial charge in [-0.25, -0.2) is 10.2 Å². The maximum Gasteiger partial charge on any atom is 0.332 e. The number of amides is 2. The summed E-state index contributed by atoms with van der Waals surface area (Å²) in [6.07, 6.45) is 0. The topological polar surface area (TPSA) is 151 Å². The summed E-state index contributed by atoms with van der Waals surface area (Å²) in [6, 6.07) is 3.89. The number of primary amides is 1. The van der Waals surface area contributed by atoms with Crippen LogP contribution in [0.15, 0.2) is 29.4 Å². The molecule has 0 fully saturated rings. The van der Waals surface area contributed by atoms with Crippen LogP contribution in [0, 0.1) is 10.1 Å². The van der Waals surface area contributed by atoms with Crippen molar-refractivity contribution in [3.8, 4) is 0 Å².